The van der Waals surface area contributed by atoms with Crippen LogP contribution >= 0.6 is 0 Å². The van der Waals surface area contributed by atoms with Gasteiger partial charge in [-0.2, -0.15) is 0 Å². The van der Waals surface area contributed by atoms with Crippen LogP contribution < -0.4 is 5.32 Å². The van der Waals surface area contributed by atoms with E-state index in [1.54, 1.807) is 32.9 Å². The second kappa shape index (κ2) is 7.94. The number of nitrogens with one attached hydrogen (secondary N) is 1. The van der Waals surface area contributed by atoms with Gasteiger partial charge in [-0.15, -0.1) is 0 Å². The largest absolute Gasteiger partial charge is 0.508 e. The minimum Gasteiger partial charge on any atom is -0.508 e. The monoisotopic (exact) mass is 293 g/mol. The molecule has 0 saturated carbocycles. The van der Waals surface area contributed by atoms with Gasteiger partial charge in [0, 0.05) is 17.5 Å². The fourth-order valence-electron chi connectivity index (χ4n) is 1.66. The highest BCUT2D eigenvalue weighted by Crippen LogP contribution is 2.19. The molecular weight excluding hydrogens is 274 g/mol. The van der Waals surface area contributed by atoms with Gasteiger partial charge in [0.1, 0.15) is 5.75 Å². The second-order valence-electron chi connectivity index (χ2n) is 4.12. The maximum atomic E-state index is 11.9. The maximum absolute atomic E-state index is 11.9. The van der Waals surface area contributed by atoms with Gasteiger partial charge < -0.3 is 19.9 Å². The topological polar surface area (TPSA) is 84.9 Å². The van der Waals surface area contributed by atoms with E-state index in [0.717, 1.165) is 0 Å². The zero-order chi connectivity index (χ0) is 15.8. The van der Waals surface area contributed by atoms with E-state index in [9.17, 15) is 14.7 Å². The van der Waals surface area contributed by atoms with E-state index in [1.165, 1.54) is 12.1 Å². The van der Waals surface area contributed by atoms with Crippen LogP contribution in [0.25, 0.3) is 0 Å². The second-order valence-corrected chi connectivity index (χ2v) is 4.12. The summed E-state index contributed by atoms with van der Waals surface area (Å²) >= 11 is 0. The lowest BCUT2D eigenvalue weighted by Gasteiger charge is -2.12. The van der Waals surface area contributed by atoms with Crippen molar-refractivity contribution in [2.45, 2.75) is 20.8 Å². The van der Waals surface area contributed by atoms with Crippen molar-refractivity contribution in [3.8, 4) is 5.75 Å². The van der Waals surface area contributed by atoms with Gasteiger partial charge in [0.05, 0.1) is 13.2 Å². The average Bonchev–Trinajstić information content (AvgIpc) is 2.39. The number of esters is 2. The van der Waals surface area contributed by atoms with Crippen molar-refractivity contribution in [3.05, 3.63) is 35.5 Å². The van der Waals surface area contributed by atoms with Crippen molar-refractivity contribution in [1.82, 2.24) is 0 Å². The number of carbonyl (C=O) groups is 2. The minimum atomic E-state index is -0.749. The number of allylic oxidation sites excluding steroid dienone is 1. The van der Waals surface area contributed by atoms with Gasteiger partial charge in [0.2, 0.25) is 0 Å². The number of phenols is 1. The van der Waals surface area contributed by atoms with Gasteiger partial charge in [-0.3, -0.25) is 0 Å². The zero-order valence-corrected chi connectivity index (χ0v) is 12.3. The summed E-state index contributed by atoms with van der Waals surface area (Å²) in [5.41, 5.74) is 0.637. The Morgan fingerprint density at radius 3 is 2.19 bits per heavy atom. The summed E-state index contributed by atoms with van der Waals surface area (Å²) in [5, 5.41) is 12.3. The van der Waals surface area contributed by atoms with Crippen molar-refractivity contribution >= 4 is 17.6 Å². The molecule has 114 valence electrons. The molecule has 0 aliphatic carbocycles. The first kappa shape index (κ1) is 16.6. The van der Waals surface area contributed by atoms with Crippen LogP contribution in [0.1, 0.15) is 20.8 Å². The molecule has 21 heavy (non-hydrogen) atoms. The quantitative estimate of drug-likeness (QED) is 0.362. The Morgan fingerprint density at radius 1 is 1.14 bits per heavy atom. The van der Waals surface area contributed by atoms with Crippen LogP contribution in [0.4, 0.5) is 5.69 Å². The Bertz CT molecular complexity index is 531. The Labute approximate surface area is 123 Å². The number of anilines is 1. The van der Waals surface area contributed by atoms with Gasteiger partial charge in [0.15, 0.2) is 5.57 Å². The molecule has 0 heterocycles. The van der Waals surface area contributed by atoms with Gasteiger partial charge in [-0.25, -0.2) is 9.59 Å². The number of hydrogen-bond donors (Lipinski definition) is 2. The first-order valence-electron chi connectivity index (χ1n) is 6.60. The number of carbonyl (C=O) groups excluding carboxylic acids is 2. The molecule has 0 atom stereocenters. The van der Waals surface area contributed by atoms with Crippen LogP contribution in [0.15, 0.2) is 35.5 Å². The van der Waals surface area contributed by atoms with E-state index in [2.05, 4.69) is 5.32 Å². The lowest BCUT2D eigenvalue weighted by molar-refractivity contribution is -0.146. The molecule has 0 aliphatic rings. The molecule has 0 aromatic heterocycles. The number of hydrogen-bond acceptors (Lipinski definition) is 6. The van der Waals surface area contributed by atoms with Crippen LogP contribution in [0.2, 0.25) is 0 Å². The van der Waals surface area contributed by atoms with E-state index >= 15 is 0 Å². The van der Waals surface area contributed by atoms with Gasteiger partial charge in [-0.1, -0.05) is 6.07 Å². The fraction of sp³-hybridized carbons (Fsp3) is 0.333. The number of ether oxygens (including phenoxy) is 2. The Hall–Kier alpha value is -2.50. The van der Waals surface area contributed by atoms with E-state index in [-0.39, 0.29) is 30.2 Å². The molecule has 0 fully saturated rings. The highest BCUT2D eigenvalue weighted by atomic mass is 16.6. The summed E-state index contributed by atoms with van der Waals surface area (Å²) in [5.74, 6) is -1.43. The number of aromatic hydroxyl groups is 1. The molecule has 6 heteroatoms. The van der Waals surface area contributed by atoms with Crippen molar-refractivity contribution in [1.29, 1.82) is 0 Å². The standard InChI is InChI=1S/C15H19NO5/c1-4-20-14(18)13(15(19)21-5-2)10(3)16-11-7-6-8-12(17)9-11/h6-9,16-17H,4-5H2,1-3H3. The molecule has 0 radical (unpaired) electrons. The van der Waals surface area contributed by atoms with Gasteiger partial charge in [-0.05, 0) is 32.9 Å². The summed E-state index contributed by atoms with van der Waals surface area (Å²) in [7, 11) is 0. The normalized spacial score (nSPS) is 9.67. The van der Waals surface area contributed by atoms with Gasteiger partial charge in [0.25, 0.3) is 0 Å². The summed E-state index contributed by atoms with van der Waals surface area (Å²) in [6.45, 7) is 5.17. The molecule has 1 aromatic carbocycles. The summed E-state index contributed by atoms with van der Waals surface area (Å²) in [4.78, 5) is 23.8. The third-order valence-electron chi connectivity index (χ3n) is 2.51. The summed E-state index contributed by atoms with van der Waals surface area (Å²) in [6, 6.07) is 6.32. The Kier molecular flexibility index (Phi) is 6.26. The van der Waals surface area contributed by atoms with Crippen LogP contribution in [0.5, 0.6) is 5.75 Å². The molecule has 0 spiro atoms. The van der Waals surface area contributed by atoms with Crippen molar-refractivity contribution in [2.24, 2.45) is 0 Å². The number of phenolic OH excluding ortho intramolecular Hbond substituents is 1. The molecule has 0 saturated heterocycles. The maximum Gasteiger partial charge on any atom is 0.347 e. The van der Waals surface area contributed by atoms with Crippen LogP contribution in [0, 0.1) is 0 Å². The fourth-order valence-corrected chi connectivity index (χ4v) is 1.66. The van der Waals surface area contributed by atoms with Crippen LogP contribution in [-0.4, -0.2) is 30.3 Å². The average molecular weight is 293 g/mol. The summed E-state index contributed by atoms with van der Waals surface area (Å²) < 4.78 is 9.73. The molecule has 1 aromatic rings. The molecule has 1 rings (SSSR count). The molecule has 2 N–H and O–H groups in total. The SMILES string of the molecule is CCOC(=O)C(C(=O)OCC)=C(C)Nc1cccc(O)c1. The zero-order valence-electron chi connectivity index (χ0n) is 12.3. The van der Waals surface area contributed by atoms with E-state index in [0.29, 0.717) is 5.69 Å². The Morgan fingerprint density at radius 2 is 1.71 bits per heavy atom. The Balaban J connectivity index is 3.07. The molecule has 0 unspecified atom stereocenters. The lowest BCUT2D eigenvalue weighted by Crippen LogP contribution is -2.22. The third-order valence-corrected chi connectivity index (χ3v) is 2.51. The molecule has 0 bridgehead atoms. The van der Waals surface area contributed by atoms with E-state index < -0.39 is 11.9 Å². The first-order valence-corrected chi connectivity index (χ1v) is 6.60. The minimum absolute atomic E-state index is 0.0709. The molecular formula is C15H19NO5. The predicted octanol–water partition coefficient (Wildman–Crippen LogP) is 2.20. The van der Waals surface area contributed by atoms with E-state index in [4.69, 9.17) is 9.47 Å². The first-order chi connectivity index (χ1) is 9.99. The molecule has 0 amide bonds. The van der Waals surface area contributed by atoms with Crippen LogP contribution in [0.3, 0.4) is 0 Å². The highest BCUT2D eigenvalue weighted by Gasteiger charge is 2.24. The van der Waals surface area contributed by atoms with Crippen LogP contribution in [-0.2, 0) is 19.1 Å². The van der Waals surface area contributed by atoms with Crippen molar-refractivity contribution in [2.75, 3.05) is 18.5 Å². The highest BCUT2D eigenvalue weighted by molar-refractivity contribution is 6.15. The van der Waals surface area contributed by atoms with Gasteiger partial charge >= 0.3 is 11.9 Å². The number of benzene rings is 1. The van der Waals surface area contributed by atoms with Crippen molar-refractivity contribution in [3.63, 3.8) is 0 Å². The molecule has 0 aliphatic heterocycles. The predicted molar refractivity (Wildman–Crippen MR) is 77.7 cm³/mol. The molecule has 6 nitrogen and oxygen atoms in total. The number of rotatable bonds is 6. The third kappa shape index (κ3) is 4.83. The van der Waals surface area contributed by atoms with Crippen molar-refractivity contribution < 1.29 is 24.2 Å². The smallest absolute Gasteiger partial charge is 0.347 e. The van der Waals surface area contributed by atoms with E-state index in [1.807, 2.05) is 0 Å². The summed E-state index contributed by atoms with van der Waals surface area (Å²) in [6.07, 6.45) is 0. The lowest BCUT2D eigenvalue weighted by atomic mass is 10.2.